The van der Waals surface area contributed by atoms with E-state index in [4.69, 9.17) is 0 Å². The van der Waals surface area contributed by atoms with Crippen molar-refractivity contribution in [2.24, 2.45) is 0 Å². The normalized spacial score (nSPS) is 17.1. The zero-order valence-electron chi connectivity index (χ0n) is 13.3. The molecule has 0 unspecified atom stereocenters. The maximum atomic E-state index is 3.48. The minimum Gasteiger partial charge on any atom is -0.317 e. The van der Waals surface area contributed by atoms with Crippen LogP contribution in [0, 0.1) is 0 Å². The van der Waals surface area contributed by atoms with Gasteiger partial charge in [-0.25, -0.2) is 0 Å². The first-order valence-corrected chi connectivity index (χ1v) is 8.83. The molecular formula is C19H25NS. The second kappa shape index (κ2) is 5.94. The van der Waals surface area contributed by atoms with Gasteiger partial charge in [-0.05, 0) is 65.4 Å². The average Bonchev–Trinajstić information content (AvgIpc) is 2.96. The third-order valence-corrected chi connectivity index (χ3v) is 5.51. The van der Waals surface area contributed by atoms with E-state index in [-0.39, 0.29) is 5.41 Å². The predicted octanol–water partition coefficient (Wildman–Crippen LogP) is 5.18. The highest BCUT2D eigenvalue weighted by atomic mass is 32.1. The van der Waals surface area contributed by atoms with E-state index in [1.54, 1.807) is 4.88 Å². The fourth-order valence-corrected chi connectivity index (χ4v) is 4.40. The summed E-state index contributed by atoms with van der Waals surface area (Å²) in [5.74, 6) is 0.731. The molecule has 1 N–H and O–H groups in total. The van der Waals surface area contributed by atoms with Gasteiger partial charge in [0.05, 0.1) is 0 Å². The Bertz CT molecular complexity index is 600. The van der Waals surface area contributed by atoms with Crippen LogP contribution in [0.1, 0.15) is 50.0 Å². The summed E-state index contributed by atoms with van der Waals surface area (Å²) in [4.78, 5) is 1.59. The number of benzene rings is 1. The highest BCUT2D eigenvalue weighted by Gasteiger charge is 2.24. The number of nitrogens with one attached hydrogen (secondary N) is 1. The molecule has 0 bridgehead atoms. The molecule has 0 spiro atoms. The van der Waals surface area contributed by atoms with Gasteiger partial charge in [-0.3, -0.25) is 0 Å². The Balaban J connectivity index is 2.04. The molecule has 2 heterocycles. The quantitative estimate of drug-likeness (QED) is 0.805. The van der Waals surface area contributed by atoms with Crippen molar-refractivity contribution in [2.45, 2.75) is 44.9 Å². The topological polar surface area (TPSA) is 12.0 Å². The van der Waals surface area contributed by atoms with Crippen molar-refractivity contribution >= 4 is 11.3 Å². The van der Waals surface area contributed by atoms with Gasteiger partial charge in [0, 0.05) is 4.88 Å². The van der Waals surface area contributed by atoms with Crippen LogP contribution in [-0.4, -0.2) is 13.1 Å². The third-order valence-electron chi connectivity index (χ3n) is 4.43. The minimum atomic E-state index is 0.184. The van der Waals surface area contributed by atoms with Crippen LogP contribution in [0.2, 0.25) is 0 Å². The van der Waals surface area contributed by atoms with Crippen LogP contribution in [0.5, 0.6) is 0 Å². The van der Waals surface area contributed by atoms with Crippen LogP contribution in [0.3, 0.4) is 0 Å². The summed E-state index contributed by atoms with van der Waals surface area (Å²) >= 11 is 1.94. The Labute approximate surface area is 132 Å². The number of piperidine rings is 1. The Morgan fingerprint density at radius 3 is 2.43 bits per heavy atom. The summed E-state index contributed by atoms with van der Waals surface area (Å²) in [5.41, 5.74) is 4.54. The molecule has 112 valence electrons. The smallest absolute Gasteiger partial charge is 0.0156 e. The maximum absolute atomic E-state index is 3.48. The Morgan fingerprint density at radius 1 is 1.00 bits per heavy atom. The van der Waals surface area contributed by atoms with E-state index in [2.05, 4.69) is 61.8 Å². The molecule has 0 radical (unpaired) electrons. The average molecular weight is 299 g/mol. The maximum Gasteiger partial charge on any atom is 0.0156 e. The monoisotopic (exact) mass is 299 g/mol. The minimum absolute atomic E-state index is 0.184. The van der Waals surface area contributed by atoms with Gasteiger partial charge in [0.2, 0.25) is 0 Å². The first-order valence-electron chi connectivity index (χ1n) is 7.95. The van der Waals surface area contributed by atoms with E-state index >= 15 is 0 Å². The number of hydrogen-bond acceptors (Lipinski definition) is 2. The van der Waals surface area contributed by atoms with E-state index in [0.29, 0.717) is 0 Å². The summed E-state index contributed by atoms with van der Waals surface area (Å²) in [5, 5.41) is 5.75. The molecular weight excluding hydrogens is 274 g/mol. The highest BCUT2D eigenvalue weighted by molar-refractivity contribution is 7.10. The van der Waals surface area contributed by atoms with Crippen molar-refractivity contribution in [2.75, 3.05) is 13.1 Å². The lowest BCUT2D eigenvalue weighted by molar-refractivity contribution is 0.465. The first kappa shape index (κ1) is 14.8. The van der Waals surface area contributed by atoms with E-state index in [0.717, 1.165) is 19.0 Å². The summed E-state index contributed by atoms with van der Waals surface area (Å²) < 4.78 is 0. The van der Waals surface area contributed by atoms with Crippen LogP contribution in [0.4, 0.5) is 0 Å². The molecule has 1 fully saturated rings. The van der Waals surface area contributed by atoms with Gasteiger partial charge in [0.15, 0.2) is 0 Å². The van der Waals surface area contributed by atoms with Crippen molar-refractivity contribution in [1.29, 1.82) is 0 Å². The second-order valence-corrected chi connectivity index (χ2v) is 7.97. The van der Waals surface area contributed by atoms with E-state index in [1.807, 2.05) is 11.3 Å². The molecule has 0 amide bonds. The van der Waals surface area contributed by atoms with Gasteiger partial charge in [-0.2, -0.15) is 0 Å². The predicted molar refractivity (Wildman–Crippen MR) is 93.3 cm³/mol. The fourth-order valence-electron chi connectivity index (χ4n) is 3.32. The van der Waals surface area contributed by atoms with Crippen LogP contribution >= 0.6 is 11.3 Å². The second-order valence-electron chi connectivity index (χ2n) is 7.02. The molecule has 1 aromatic heterocycles. The summed E-state index contributed by atoms with van der Waals surface area (Å²) in [6, 6.07) is 11.3. The van der Waals surface area contributed by atoms with Gasteiger partial charge in [0.1, 0.15) is 0 Å². The molecule has 0 saturated carbocycles. The van der Waals surface area contributed by atoms with Gasteiger partial charge in [-0.1, -0.05) is 45.0 Å². The summed E-state index contributed by atoms with van der Waals surface area (Å²) in [6.07, 6.45) is 2.54. The van der Waals surface area contributed by atoms with Gasteiger partial charge in [0.25, 0.3) is 0 Å². The number of rotatable bonds is 2. The lowest BCUT2D eigenvalue weighted by Gasteiger charge is -2.26. The van der Waals surface area contributed by atoms with Crippen molar-refractivity contribution < 1.29 is 0 Å². The van der Waals surface area contributed by atoms with Gasteiger partial charge >= 0.3 is 0 Å². The van der Waals surface area contributed by atoms with Crippen molar-refractivity contribution in [3.8, 4) is 11.1 Å². The van der Waals surface area contributed by atoms with Crippen molar-refractivity contribution in [3.05, 3.63) is 46.2 Å². The summed E-state index contributed by atoms with van der Waals surface area (Å²) in [6.45, 7) is 9.24. The van der Waals surface area contributed by atoms with E-state index < -0.39 is 0 Å². The summed E-state index contributed by atoms with van der Waals surface area (Å²) in [7, 11) is 0. The third kappa shape index (κ3) is 3.07. The molecule has 1 aliphatic heterocycles. The van der Waals surface area contributed by atoms with E-state index in [9.17, 15) is 0 Å². The molecule has 0 aliphatic carbocycles. The SMILES string of the molecule is CC(C)(C)c1ccccc1-c1ccsc1C1CCNCC1. The fraction of sp³-hybridized carbons (Fsp3) is 0.474. The molecule has 1 aliphatic rings. The van der Waals surface area contributed by atoms with E-state index in [1.165, 1.54) is 29.5 Å². The molecule has 1 aromatic carbocycles. The van der Waals surface area contributed by atoms with Gasteiger partial charge < -0.3 is 5.32 Å². The lowest BCUT2D eigenvalue weighted by atomic mass is 9.81. The van der Waals surface area contributed by atoms with Crippen LogP contribution in [-0.2, 0) is 5.41 Å². The zero-order chi connectivity index (χ0) is 14.9. The number of hydrogen-bond donors (Lipinski definition) is 1. The molecule has 2 heteroatoms. The zero-order valence-corrected chi connectivity index (χ0v) is 14.1. The largest absolute Gasteiger partial charge is 0.317 e. The molecule has 3 rings (SSSR count). The molecule has 1 saturated heterocycles. The van der Waals surface area contributed by atoms with Crippen molar-refractivity contribution in [1.82, 2.24) is 5.32 Å². The van der Waals surface area contributed by atoms with Crippen molar-refractivity contribution in [3.63, 3.8) is 0 Å². The van der Waals surface area contributed by atoms with Crippen LogP contribution in [0.25, 0.3) is 11.1 Å². The Kier molecular flexibility index (Phi) is 4.19. The molecule has 2 aromatic rings. The first-order chi connectivity index (χ1) is 10.1. The van der Waals surface area contributed by atoms with Gasteiger partial charge in [-0.15, -0.1) is 11.3 Å². The lowest BCUT2D eigenvalue weighted by Crippen LogP contribution is -2.26. The highest BCUT2D eigenvalue weighted by Crippen LogP contribution is 2.41. The molecule has 21 heavy (non-hydrogen) atoms. The molecule has 1 nitrogen and oxygen atoms in total. The number of thiophene rings is 1. The molecule has 0 atom stereocenters. The Hall–Kier alpha value is -1.12. The van der Waals surface area contributed by atoms with Crippen LogP contribution in [0.15, 0.2) is 35.7 Å². The Morgan fingerprint density at radius 2 is 1.71 bits per heavy atom. The standard InChI is InChI=1S/C19H25NS/c1-19(2,3)17-7-5-4-6-15(17)16-10-13-21-18(16)14-8-11-20-12-9-14/h4-7,10,13-14,20H,8-9,11-12H2,1-3H3. The van der Waals surface area contributed by atoms with Crippen LogP contribution < -0.4 is 5.32 Å².